The molecule has 24 heavy (non-hydrogen) atoms. The Morgan fingerprint density at radius 3 is 2.79 bits per heavy atom. The molecule has 1 aliphatic heterocycles. The molecule has 3 heterocycles. The Labute approximate surface area is 140 Å². The largest absolute Gasteiger partial charge is 0.442 e. The summed E-state index contributed by atoms with van der Waals surface area (Å²) >= 11 is 0. The Kier molecular flexibility index (Phi) is 4.37. The lowest BCUT2D eigenvalue weighted by molar-refractivity contribution is 0.349. The molecule has 0 aromatic carbocycles. The van der Waals surface area contributed by atoms with Gasteiger partial charge in [0, 0.05) is 18.8 Å². The molecule has 1 saturated heterocycles. The fraction of sp³-hybridized carbons (Fsp3) is 0.357. The maximum Gasteiger partial charge on any atom is 0.277 e. The van der Waals surface area contributed by atoms with Crippen molar-refractivity contribution in [1.82, 2.24) is 14.5 Å². The summed E-state index contributed by atoms with van der Waals surface area (Å²) < 4.78 is 55.7. The average molecular weight is 371 g/mol. The first kappa shape index (κ1) is 16.9. The van der Waals surface area contributed by atoms with E-state index in [9.17, 15) is 16.8 Å². The fourth-order valence-corrected chi connectivity index (χ4v) is 6.05. The topological polar surface area (TPSA) is 113 Å². The van der Waals surface area contributed by atoms with Crippen molar-refractivity contribution in [1.29, 1.82) is 0 Å². The number of nitrogens with one attached hydrogen (secondary N) is 1. The molecule has 0 saturated carbocycles. The first-order valence-electron chi connectivity index (χ1n) is 7.26. The lowest BCUT2D eigenvalue weighted by Gasteiger charge is -2.24. The predicted molar refractivity (Wildman–Crippen MR) is 87.4 cm³/mol. The molecule has 3 rings (SSSR count). The molecule has 10 heteroatoms. The summed E-state index contributed by atoms with van der Waals surface area (Å²) in [5.41, 5.74) is 0.551. The summed E-state index contributed by atoms with van der Waals surface area (Å²) in [5.74, 6) is 0.135. The summed E-state index contributed by atoms with van der Waals surface area (Å²) in [7, 11) is -7.19. The normalized spacial score (nSPS) is 20.5. The number of aromatic amines is 1. The zero-order valence-electron chi connectivity index (χ0n) is 12.8. The first-order chi connectivity index (χ1) is 11.3. The Morgan fingerprint density at radius 1 is 1.42 bits per heavy atom. The van der Waals surface area contributed by atoms with Gasteiger partial charge in [0.25, 0.3) is 10.0 Å². The van der Waals surface area contributed by atoms with Crippen molar-refractivity contribution in [2.45, 2.75) is 17.6 Å². The van der Waals surface area contributed by atoms with Gasteiger partial charge in [-0.3, -0.25) is 5.10 Å². The van der Waals surface area contributed by atoms with Crippen LogP contribution in [-0.4, -0.2) is 55.4 Å². The van der Waals surface area contributed by atoms with Crippen LogP contribution in [0, 0.1) is 0 Å². The lowest BCUT2D eigenvalue weighted by atomic mass is 10.2. The summed E-state index contributed by atoms with van der Waals surface area (Å²) in [5, 5.41) is 6.24. The van der Waals surface area contributed by atoms with Crippen LogP contribution in [0.4, 0.5) is 0 Å². The minimum Gasteiger partial charge on any atom is -0.442 e. The van der Waals surface area contributed by atoms with Gasteiger partial charge in [-0.2, -0.15) is 9.40 Å². The van der Waals surface area contributed by atoms with E-state index in [0.29, 0.717) is 11.5 Å². The van der Waals surface area contributed by atoms with Gasteiger partial charge in [-0.1, -0.05) is 6.08 Å². The maximum absolute atomic E-state index is 12.9. The third kappa shape index (κ3) is 3.17. The third-order valence-electron chi connectivity index (χ3n) is 3.84. The number of hydrogen-bond donors (Lipinski definition) is 1. The second-order valence-electron chi connectivity index (χ2n) is 5.51. The van der Waals surface area contributed by atoms with E-state index in [1.807, 2.05) is 0 Å². The van der Waals surface area contributed by atoms with Gasteiger partial charge in [-0.15, -0.1) is 6.58 Å². The Morgan fingerprint density at radius 2 is 2.21 bits per heavy atom. The van der Waals surface area contributed by atoms with E-state index in [-0.39, 0.29) is 29.6 Å². The first-order valence-corrected chi connectivity index (χ1v) is 10.5. The molecule has 0 bridgehead atoms. The predicted octanol–water partition coefficient (Wildman–Crippen LogP) is 1.03. The van der Waals surface area contributed by atoms with Gasteiger partial charge in [-0.05, 0) is 24.6 Å². The number of aromatic nitrogens is 2. The molecule has 0 aliphatic carbocycles. The molecule has 0 radical (unpaired) electrons. The molecule has 0 spiro atoms. The molecule has 1 aliphatic rings. The molecule has 130 valence electrons. The van der Waals surface area contributed by atoms with Crippen LogP contribution in [0.2, 0.25) is 0 Å². The van der Waals surface area contributed by atoms with E-state index in [1.165, 1.54) is 24.4 Å². The molecule has 2 aromatic heterocycles. The SMILES string of the molecule is C=CCN(C1CCS(=O)(=O)C1)S(=O)(=O)c1ccc(-c2ccn[nH]2)o1. The molecule has 1 atom stereocenters. The van der Waals surface area contributed by atoms with Crippen LogP contribution in [0.3, 0.4) is 0 Å². The lowest BCUT2D eigenvalue weighted by Crippen LogP contribution is -2.41. The van der Waals surface area contributed by atoms with Gasteiger partial charge in [0.1, 0.15) is 5.69 Å². The van der Waals surface area contributed by atoms with Crippen molar-refractivity contribution in [3.8, 4) is 11.5 Å². The minimum absolute atomic E-state index is 0.0155. The number of rotatable bonds is 6. The summed E-state index contributed by atoms with van der Waals surface area (Å²) in [6, 6.07) is 3.92. The van der Waals surface area contributed by atoms with E-state index in [1.54, 1.807) is 6.07 Å². The number of nitrogens with zero attached hydrogens (tertiary/aromatic N) is 2. The van der Waals surface area contributed by atoms with E-state index >= 15 is 0 Å². The van der Waals surface area contributed by atoms with Crippen LogP contribution in [0.25, 0.3) is 11.5 Å². The Hall–Kier alpha value is -1.91. The highest BCUT2D eigenvalue weighted by Gasteiger charge is 2.39. The van der Waals surface area contributed by atoms with Crippen molar-refractivity contribution >= 4 is 19.9 Å². The number of hydrogen-bond acceptors (Lipinski definition) is 6. The third-order valence-corrected chi connectivity index (χ3v) is 7.38. The second kappa shape index (κ2) is 6.19. The van der Waals surface area contributed by atoms with Crippen LogP contribution in [-0.2, 0) is 19.9 Å². The molecule has 1 N–H and O–H groups in total. The van der Waals surface area contributed by atoms with Gasteiger partial charge in [0.15, 0.2) is 15.6 Å². The Balaban J connectivity index is 1.93. The van der Waals surface area contributed by atoms with Crippen molar-refractivity contribution in [3.05, 3.63) is 37.1 Å². The van der Waals surface area contributed by atoms with Gasteiger partial charge in [0.2, 0.25) is 5.09 Å². The highest BCUT2D eigenvalue weighted by Crippen LogP contribution is 2.28. The van der Waals surface area contributed by atoms with Crippen molar-refractivity contribution in [2.75, 3.05) is 18.1 Å². The average Bonchev–Trinajstić information content (AvgIpc) is 3.24. The van der Waals surface area contributed by atoms with Crippen LogP contribution >= 0.6 is 0 Å². The van der Waals surface area contributed by atoms with Gasteiger partial charge in [0.05, 0.1) is 11.5 Å². The van der Waals surface area contributed by atoms with Gasteiger partial charge < -0.3 is 4.42 Å². The van der Waals surface area contributed by atoms with Gasteiger partial charge >= 0.3 is 0 Å². The number of H-pyrrole nitrogens is 1. The van der Waals surface area contributed by atoms with E-state index in [4.69, 9.17) is 4.42 Å². The summed E-state index contributed by atoms with van der Waals surface area (Å²) in [4.78, 5) is 0. The monoisotopic (exact) mass is 371 g/mol. The minimum atomic E-state index is -3.97. The molecular weight excluding hydrogens is 354 g/mol. The molecule has 1 unspecified atom stereocenters. The number of sulfonamides is 1. The molecule has 1 fully saturated rings. The zero-order chi connectivity index (χ0) is 17.4. The number of sulfone groups is 1. The van der Waals surface area contributed by atoms with Gasteiger partial charge in [-0.25, -0.2) is 16.8 Å². The van der Waals surface area contributed by atoms with Crippen LogP contribution < -0.4 is 0 Å². The van der Waals surface area contributed by atoms with E-state index in [0.717, 1.165) is 4.31 Å². The van der Waals surface area contributed by atoms with Crippen molar-refractivity contribution < 1.29 is 21.3 Å². The smallest absolute Gasteiger partial charge is 0.277 e. The zero-order valence-corrected chi connectivity index (χ0v) is 14.4. The highest BCUT2D eigenvalue weighted by molar-refractivity contribution is 7.92. The number of furan rings is 1. The van der Waals surface area contributed by atoms with Crippen molar-refractivity contribution in [2.24, 2.45) is 0 Å². The molecular formula is C14H17N3O5S2. The second-order valence-corrected chi connectivity index (χ2v) is 9.56. The Bertz CT molecular complexity index is 929. The maximum atomic E-state index is 12.9. The standard InChI is InChI=1S/C14H17N3O5S2/c1-2-8-17(11-6-9-23(18,19)10-11)24(20,21)14-4-3-13(22-14)12-5-7-15-16-12/h2-5,7,11H,1,6,8-10H2,(H,15,16). The van der Waals surface area contributed by atoms with Crippen LogP contribution in [0.15, 0.2) is 46.6 Å². The molecule has 0 amide bonds. The van der Waals surface area contributed by atoms with Crippen molar-refractivity contribution in [3.63, 3.8) is 0 Å². The molecule has 2 aromatic rings. The molecule has 8 nitrogen and oxygen atoms in total. The summed E-state index contributed by atoms with van der Waals surface area (Å²) in [6.07, 6.45) is 3.23. The van der Waals surface area contributed by atoms with E-state index in [2.05, 4.69) is 16.8 Å². The summed E-state index contributed by atoms with van der Waals surface area (Å²) in [6.45, 7) is 3.58. The van der Waals surface area contributed by atoms with Crippen LogP contribution in [0.5, 0.6) is 0 Å². The quantitative estimate of drug-likeness (QED) is 0.759. The van der Waals surface area contributed by atoms with Crippen LogP contribution in [0.1, 0.15) is 6.42 Å². The highest BCUT2D eigenvalue weighted by atomic mass is 32.2. The van der Waals surface area contributed by atoms with E-state index < -0.39 is 25.9 Å². The fourth-order valence-electron chi connectivity index (χ4n) is 2.69.